The summed E-state index contributed by atoms with van der Waals surface area (Å²) in [5.74, 6) is 0.986. The van der Waals surface area contributed by atoms with Crippen molar-refractivity contribution in [2.45, 2.75) is 26.6 Å². The Bertz CT molecular complexity index is 379. The van der Waals surface area contributed by atoms with Gasteiger partial charge >= 0.3 is 0 Å². The zero-order chi connectivity index (χ0) is 13.5. The number of benzene rings is 1. The van der Waals surface area contributed by atoms with Crippen LogP contribution >= 0.6 is 11.6 Å². The maximum Gasteiger partial charge on any atom is 0.179 e. The van der Waals surface area contributed by atoms with E-state index in [2.05, 4.69) is 0 Å². The second-order valence-corrected chi connectivity index (χ2v) is 4.44. The number of rotatable bonds is 7. The fraction of sp³-hybridized carbons (Fsp3) is 0.538. The first-order chi connectivity index (χ1) is 8.58. The molecule has 0 bridgehead atoms. The van der Waals surface area contributed by atoms with Crippen LogP contribution in [0.3, 0.4) is 0 Å². The lowest BCUT2D eigenvalue weighted by Crippen LogP contribution is -2.12. The molecular formula is C13H19ClO4. The first-order valence-corrected chi connectivity index (χ1v) is 6.18. The fourth-order valence-electron chi connectivity index (χ4n) is 1.43. The summed E-state index contributed by atoms with van der Waals surface area (Å²) in [6, 6.07) is 3.35. The second kappa shape index (κ2) is 7.46. The number of methoxy groups -OCH3 is 1. The van der Waals surface area contributed by atoms with Gasteiger partial charge in [0.2, 0.25) is 0 Å². The molecule has 0 aromatic heterocycles. The van der Waals surface area contributed by atoms with Crippen LogP contribution < -0.4 is 9.47 Å². The monoisotopic (exact) mass is 274 g/mol. The molecule has 18 heavy (non-hydrogen) atoms. The average Bonchev–Trinajstić information content (AvgIpc) is 2.34. The summed E-state index contributed by atoms with van der Waals surface area (Å²) in [6.07, 6.45) is 0.169. The van der Waals surface area contributed by atoms with Gasteiger partial charge in [-0.25, -0.2) is 0 Å². The van der Waals surface area contributed by atoms with Gasteiger partial charge in [-0.3, -0.25) is 0 Å². The number of ether oxygens (including phenoxy) is 3. The van der Waals surface area contributed by atoms with E-state index in [4.69, 9.17) is 30.9 Å². The molecule has 0 fully saturated rings. The van der Waals surface area contributed by atoms with E-state index in [1.807, 2.05) is 13.8 Å². The minimum Gasteiger partial charge on any atom is -0.493 e. The van der Waals surface area contributed by atoms with Crippen molar-refractivity contribution in [1.82, 2.24) is 0 Å². The van der Waals surface area contributed by atoms with Gasteiger partial charge < -0.3 is 19.3 Å². The van der Waals surface area contributed by atoms with Crippen molar-refractivity contribution >= 4 is 11.6 Å². The van der Waals surface area contributed by atoms with Crippen molar-refractivity contribution < 1.29 is 19.3 Å². The van der Waals surface area contributed by atoms with Crippen molar-refractivity contribution in [3.63, 3.8) is 0 Å². The largest absolute Gasteiger partial charge is 0.493 e. The number of hydrogen-bond donors (Lipinski definition) is 1. The van der Waals surface area contributed by atoms with Crippen molar-refractivity contribution in [2.24, 2.45) is 0 Å². The van der Waals surface area contributed by atoms with Crippen LogP contribution in [-0.2, 0) is 11.3 Å². The smallest absolute Gasteiger partial charge is 0.179 e. The molecule has 1 rings (SSSR count). The Labute approximate surface area is 112 Å². The number of halogens is 1. The van der Waals surface area contributed by atoms with Crippen LogP contribution in [0, 0.1) is 0 Å². The molecule has 0 aliphatic heterocycles. The van der Waals surface area contributed by atoms with Crippen LogP contribution in [0.25, 0.3) is 0 Å². The highest BCUT2D eigenvalue weighted by Crippen LogP contribution is 2.36. The van der Waals surface area contributed by atoms with Gasteiger partial charge in [0.1, 0.15) is 6.61 Å². The van der Waals surface area contributed by atoms with E-state index in [1.165, 1.54) is 7.11 Å². The maximum absolute atomic E-state index is 9.07. The zero-order valence-corrected chi connectivity index (χ0v) is 11.7. The van der Waals surface area contributed by atoms with Gasteiger partial charge in [-0.2, -0.15) is 0 Å². The molecule has 5 heteroatoms. The SMILES string of the molecule is COc1cc(CO)cc(Cl)c1OCCOC(C)C. The molecule has 0 spiro atoms. The second-order valence-electron chi connectivity index (χ2n) is 4.04. The lowest BCUT2D eigenvalue weighted by molar-refractivity contribution is 0.0547. The van der Waals surface area contributed by atoms with Crippen LogP contribution in [-0.4, -0.2) is 31.5 Å². The first kappa shape index (κ1) is 15.1. The molecule has 0 saturated carbocycles. The van der Waals surface area contributed by atoms with Gasteiger partial charge in [0.05, 0.1) is 31.5 Å². The van der Waals surface area contributed by atoms with E-state index in [0.29, 0.717) is 35.3 Å². The van der Waals surface area contributed by atoms with Crippen LogP contribution in [0.2, 0.25) is 5.02 Å². The molecule has 4 nitrogen and oxygen atoms in total. The number of aliphatic hydroxyl groups excluding tert-OH is 1. The normalized spacial score (nSPS) is 10.8. The average molecular weight is 275 g/mol. The minimum absolute atomic E-state index is 0.0905. The molecule has 1 aromatic carbocycles. The maximum atomic E-state index is 9.07. The van der Waals surface area contributed by atoms with Gasteiger partial charge in [-0.1, -0.05) is 11.6 Å². The molecule has 0 radical (unpaired) electrons. The third kappa shape index (κ3) is 4.37. The summed E-state index contributed by atoms with van der Waals surface area (Å²) in [6.45, 7) is 4.71. The van der Waals surface area contributed by atoms with Crippen molar-refractivity contribution in [3.8, 4) is 11.5 Å². The summed E-state index contributed by atoms with van der Waals surface area (Å²) in [7, 11) is 1.53. The lowest BCUT2D eigenvalue weighted by Gasteiger charge is -2.14. The van der Waals surface area contributed by atoms with Crippen LogP contribution in [0.4, 0.5) is 0 Å². The van der Waals surface area contributed by atoms with Gasteiger partial charge in [0, 0.05) is 0 Å². The zero-order valence-electron chi connectivity index (χ0n) is 10.9. The van der Waals surface area contributed by atoms with Crippen LogP contribution in [0.15, 0.2) is 12.1 Å². The summed E-state index contributed by atoms with van der Waals surface area (Å²) in [5.41, 5.74) is 0.683. The first-order valence-electron chi connectivity index (χ1n) is 5.80. The van der Waals surface area contributed by atoms with Crippen LogP contribution in [0.5, 0.6) is 11.5 Å². The van der Waals surface area contributed by atoms with Gasteiger partial charge in [0.15, 0.2) is 11.5 Å². The molecule has 0 aliphatic carbocycles. The third-order valence-electron chi connectivity index (χ3n) is 2.25. The van der Waals surface area contributed by atoms with Crippen molar-refractivity contribution in [2.75, 3.05) is 20.3 Å². The van der Waals surface area contributed by atoms with E-state index in [-0.39, 0.29) is 12.7 Å². The predicted molar refractivity (Wildman–Crippen MR) is 70.5 cm³/mol. The Morgan fingerprint density at radius 3 is 2.56 bits per heavy atom. The lowest BCUT2D eigenvalue weighted by atomic mass is 10.2. The summed E-state index contributed by atoms with van der Waals surface area (Å²) in [4.78, 5) is 0. The quantitative estimate of drug-likeness (QED) is 0.777. The number of aliphatic hydroxyl groups is 1. The highest BCUT2D eigenvalue weighted by molar-refractivity contribution is 6.32. The molecule has 0 atom stereocenters. The Balaban J connectivity index is 2.69. The fourth-order valence-corrected chi connectivity index (χ4v) is 1.72. The summed E-state index contributed by atoms with van der Waals surface area (Å²) >= 11 is 6.08. The Morgan fingerprint density at radius 1 is 1.28 bits per heavy atom. The highest BCUT2D eigenvalue weighted by atomic mass is 35.5. The summed E-state index contributed by atoms with van der Waals surface area (Å²) in [5, 5.41) is 9.49. The Kier molecular flexibility index (Phi) is 6.25. The van der Waals surface area contributed by atoms with Crippen molar-refractivity contribution in [3.05, 3.63) is 22.7 Å². The summed E-state index contributed by atoms with van der Waals surface area (Å²) < 4.78 is 16.1. The van der Waals surface area contributed by atoms with E-state index in [0.717, 1.165) is 0 Å². The Morgan fingerprint density at radius 2 is 2.00 bits per heavy atom. The van der Waals surface area contributed by atoms with Gasteiger partial charge in [-0.15, -0.1) is 0 Å². The van der Waals surface area contributed by atoms with E-state index >= 15 is 0 Å². The molecule has 0 heterocycles. The van der Waals surface area contributed by atoms with Crippen LogP contribution in [0.1, 0.15) is 19.4 Å². The van der Waals surface area contributed by atoms with E-state index in [1.54, 1.807) is 12.1 Å². The van der Waals surface area contributed by atoms with E-state index < -0.39 is 0 Å². The number of hydrogen-bond acceptors (Lipinski definition) is 4. The predicted octanol–water partition coefficient (Wildman–Crippen LogP) is 2.64. The molecule has 0 amide bonds. The molecule has 0 saturated heterocycles. The topological polar surface area (TPSA) is 47.9 Å². The van der Waals surface area contributed by atoms with E-state index in [9.17, 15) is 0 Å². The van der Waals surface area contributed by atoms with Crippen molar-refractivity contribution in [1.29, 1.82) is 0 Å². The molecule has 0 aliphatic rings. The van der Waals surface area contributed by atoms with Gasteiger partial charge in [-0.05, 0) is 31.5 Å². The molecule has 1 aromatic rings. The minimum atomic E-state index is -0.0905. The molecular weight excluding hydrogens is 256 g/mol. The molecule has 102 valence electrons. The molecule has 0 unspecified atom stereocenters. The standard InChI is InChI=1S/C13H19ClO4/c1-9(2)17-4-5-18-13-11(14)6-10(8-15)7-12(13)16-3/h6-7,9,15H,4-5,8H2,1-3H3. The Hall–Kier alpha value is -0.970. The molecule has 1 N–H and O–H groups in total. The highest BCUT2D eigenvalue weighted by Gasteiger charge is 2.11. The third-order valence-corrected chi connectivity index (χ3v) is 2.53. The van der Waals surface area contributed by atoms with Gasteiger partial charge in [0.25, 0.3) is 0 Å².